The smallest absolute Gasteiger partial charge is 0.313 e. The van der Waals surface area contributed by atoms with Crippen molar-refractivity contribution in [1.82, 2.24) is 9.13 Å². The van der Waals surface area contributed by atoms with Crippen molar-refractivity contribution in [3.05, 3.63) is 168 Å². The number of para-hydroxylation sites is 3. The number of hydrogen-bond donors (Lipinski definition) is 0. The van der Waals surface area contributed by atoms with Crippen molar-refractivity contribution in [3.8, 4) is 11.4 Å². The van der Waals surface area contributed by atoms with Crippen LogP contribution in [0.25, 0.3) is 44.1 Å². The zero-order valence-electron chi connectivity index (χ0n) is 25.9. The highest BCUT2D eigenvalue weighted by Crippen LogP contribution is 2.56. The highest BCUT2D eigenvalue weighted by molar-refractivity contribution is 6.09. The monoisotopic (exact) mass is 662 g/mol. The van der Waals surface area contributed by atoms with Gasteiger partial charge in [-0.3, -0.25) is 0 Å². The van der Waals surface area contributed by atoms with Crippen molar-refractivity contribution in [2.24, 2.45) is 0 Å². The van der Waals surface area contributed by atoms with Crippen LogP contribution in [0.4, 0.5) is 26.3 Å². The third kappa shape index (κ3) is 4.65. The van der Waals surface area contributed by atoms with Crippen LogP contribution in [0.2, 0.25) is 0 Å². The Morgan fingerprint density at radius 3 is 1.33 bits per heavy atom. The zero-order chi connectivity index (χ0) is 34.0. The van der Waals surface area contributed by atoms with E-state index in [0.717, 1.165) is 68.2 Å². The van der Waals surface area contributed by atoms with E-state index in [2.05, 4.69) is 0 Å². The molecule has 8 heteroatoms. The number of aromatic nitrogens is 2. The Balaban J connectivity index is 1.28. The van der Waals surface area contributed by atoms with E-state index in [-0.39, 0.29) is 0 Å². The highest BCUT2D eigenvalue weighted by atomic mass is 19.4. The molecule has 0 aliphatic heterocycles. The maximum Gasteiger partial charge on any atom is 0.411 e. The standard InChI is InChI=1S/C41H28F6N2/c42-40(43,44)39(41(45,46)47,28-21-25-30(26-22-28)49-37-17-9-6-13-33(37)34-14-7-10-18-38(34)49)27-19-23-29(24-20-27)48-35-15-4-2-1-3-11-31(35)32-12-5-8-16-36(32)48/h1-10,12-14,16-26H,11,15H2/b3-1-,4-2?. The number of halogens is 6. The van der Waals surface area contributed by atoms with Gasteiger partial charge in [-0.25, -0.2) is 0 Å². The Bertz CT molecular complexity index is 2340. The van der Waals surface area contributed by atoms with Crippen molar-refractivity contribution in [2.75, 3.05) is 0 Å². The molecule has 244 valence electrons. The Morgan fingerprint density at radius 1 is 0.429 bits per heavy atom. The van der Waals surface area contributed by atoms with Crippen LogP contribution in [0, 0.1) is 0 Å². The summed E-state index contributed by atoms with van der Waals surface area (Å²) in [6.45, 7) is 0. The molecular formula is C41H28F6N2. The second-order valence-corrected chi connectivity index (χ2v) is 12.3. The second-order valence-electron chi connectivity index (χ2n) is 12.3. The van der Waals surface area contributed by atoms with E-state index in [4.69, 9.17) is 0 Å². The summed E-state index contributed by atoms with van der Waals surface area (Å²) in [4.78, 5) is 0. The summed E-state index contributed by atoms with van der Waals surface area (Å²) in [7, 11) is 0. The van der Waals surface area contributed by atoms with Gasteiger partial charge in [-0.1, -0.05) is 103 Å². The van der Waals surface area contributed by atoms with E-state index < -0.39 is 28.9 Å². The molecule has 2 nitrogen and oxygen atoms in total. The topological polar surface area (TPSA) is 9.86 Å². The average Bonchev–Trinajstić information content (AvgIpc) is 3.56. The average molecular weight is 663 g/mol. The molecule has 0 atom stereocenters. The Labute approximate surface area is 277 Å². The molecule has 2 heterocycles. The number of nitrogens with zero attached hydrogens (tertiary/aromatic N) is 2. The number of rotatable bonds is 4. The van der Waals surface area contributed by atoms with Gasteiger partial charge in [0, 0.05) is 39.6 Å². The first-order chi connectivity index (χ1) is 23.6. The van der Waals surface area contributed by atoms with Gasteiger partial charge in [-0.15, -0.1) is 0 Å². The van der Waals surface area contributed by atoms with Crippen LogP contribution in [-0.2, 0) is 18.3 Å². The van der Waals surface area contributed by atoms with E-state index in [1.807, 2.05) is 106 Å². The zero-order valence-corrected chi connectivity index (χ0v) is 25.9. The summed E-state index contributed by atoms with van der Waals surface area (Å²) in [5, 5.41) is 2.85. The molecule has 1 aliphatic carbocycles. The number of benzene rings is 5. The van der Waals surface area contributed by atoms with Crippen LogP contribution in [-0.4, -0.2) is 21.5 Å². The lowest BCUT2D eigenvalue weighted by Crippen LogP contribution is -2.54. The van der Waals surface area contributed by atoms with Crippen LogP contribution in [0.3, 0.4) is 0 Å². The molecule has 0 amide bonds. The fourth-order valence-electron chi connectivity index (χ4n) is 7.52. The van der Waals surface area contributed by atoms with Crippen LogP contribution >= 0.6 is 0 Å². The first-order valence-electron chi connectivity index (χ1n) is 15.9. The Morgan fingerprint density at radius 2 is 0.837 bits per heavy atom. The lowest BCUT2D eigenvalue weighted by atomic mass is 9.73. The van der Waals surface area contributed by atoms with Crippen molar-refractivity contribution >= 4 is 32.7 Å². The lowest BCUT2D eigenvalue weighted by Gasteiger charge is -2.38. The molecule has 0 unspecified atom stereocenters. The minimum Gasteiger partial charge on any atom is -0.313 e. The van der Waals surface area contributed by atoms with E-state index >= 15 is 26.3 Å². The summed E-state index contributed by atoms with van der Waals surface area (Å²) < 4.78 is 94.9. The van der Waals surface area contributed by atoms with Crippen LogP contribution in [0.1, 0.15) is 22.4 Å². The molecule has 7 aromatic rings. The molecule has 0 radical (unpaired) electrons. The summed E-state index contributed by atoms with van der Waals surface area (Å²) in [5.74, 6) is 0. The Hall–Kier alpha value is -5.50. The summed E-state index contributed by atoms with van der Waals surface area (Å²) >= 11 is 0. The predicted molar refractivity (Wildman–Crippen MR) is 183 cm³/mol. The summed E-state index contributed by atoms with van der Waals surface area (Å²) in [6, 6.07) is 32.0. The Kier molecular flexibility index (Phi) is 7.10. The van der Waals surface area contributed by atoms with Crippen molar-refractivity contribution in [2.45, 2.75) is 30.6 Å². The minimum absolute atomic E-state index is 0.453. The fourth-order valence-corrected chi connectivity index (χ4v) is 7.52. The van der Waals surface area contributed by atoms with E-state index in [1.165, 1.54) is 24.3 Å². The quantitative estimate of drug-likeness (QED) is 0.166. The van der Waals surface area contributed by atoms with Gasteiger partial charge in [0.05, 0.1) is 16.6 Å². The SMILES string of the molecule is FC(F)(F)C(c1ccc(-n2c3c(c4ccccc42)C/C=C\C=CC3)cc1)(c1ccc(-n2c3ccccc3c3ccccc32)cc1)C(F)(F)F. The molecule has 0 bridgehead atoms. The van der Waals surface area contributed by atoms with Gasteiger partial charge in [-0.2, -0.15) is 26.3 Å². The third-order valence-corrected chi connectivity index (χ3v) is 9.65. The number of hydrogen-bond acceptors (Lipinski definition) is 0. The molecule has 5 aromatic carbocycles. The lowest BCUT2D eigenvalue weighted by molar-refractivity contribution is -0.288. The molecule has 0 N–H and O–H groups in total. The van der Waals surface area contributed by atoms with E-state index in [0.29, 0.717) is 24.2 Å². The van der Waals surface area contributed by atoms with Crippen LogP contribution < -0.4 is 0 Å². The highest BCUT2D eigenvalue weighted by Gasteiger charge is 2.72. The predicted octanol–water partition coefficient (Wildman–Crippen LogP) is 11.3. The van der Waals surface area contributed by atoms with Crippen molar-refractivity contribution in [3.63, 3.8) is 0 Å². The van der Waals surface area contributed by atoms with Gasteiger partial charge in [-0.05, 0) is 65.6 Å². The molecule has 8 rings (SSSR count). The molecule has 0 fully saturated rings. The summed E-state index contributed by atoms with van der Waals surface area (Å²) in [5.41, 5.74) is -0.696. The van der Waals surface area contributed by atoms with Gasteiger partial charge in [0.1, 0.15) is 0 Å². The third-order valence-electron chi connectivity index (χ3n) is 9.65. The molecule has 2 aromatic heterocycles. The fraction of sp³-hybridized carbons (Fsp3) is 0.122. The van der Waals surface area contributed by atoms with Gasteiger partial charge < -0.3 is 9.13 Å². The van der Waals surface area contributed by atoms with Gasteiger partial charge in [0.15, 0.2) is 0 Å². The first-order valence-corrected chi connectivity index (χ1v) is 15.9. The van der Waals surface area contributed by atoms with E-state index in [1.54, 1.807) is 0 Å². The molecule has 49 heavy (non-hydrogen) atoms. The second kappa shape index (κ2) is 11.3. The van der Waals surface area contributed by atoms with Crippen LogP contribution in [0.15, 0.2) is 146 Å². The number of fused-ring (bicyclic) bond motifs is 6. The van der Waals surface area contributed by atoms with Gasteiger partial charge in [0.2, 0.25) is 5.41 Å². The minimum atomic E-state index is -5.70. The number of alkyl halides is 6. The molecular weight excluding hydrogens is 634 g/mol. The molecule has 0 saturated carbocycles. The molecule has 0 spiro atoms. The van der Waals surface area contributed by atoms with Gasteiger partial charge >= 0.3 is 12.4 Å². The first kappa shape index (κ1) is 30.8. The van der Waals surface area contributed by atoms with Crippen LogP contribution in [0.5, 0.6) is 0 Å². The number of allylic oxidation sites excluding steroid dienone is 4. The largest absolute Gasteiger partial charge is 0.411 e. The van der Waals surface area contributed by atoms with Crippen molar-refractivity contribution < 1.29 is 26.3 Å². The van der Waals surface area contributed by atoms with Gasteiger partial charge in [0.25, 0.3) is 0 Å². The van der Waals surface area contributed by atoms with Crippen molar-refractivity contribution in [1.29, 1.82) is 0 Å². The summed E-state index contributed by atoms with van der Waals surface area (Å²) in [6.07, 6.45) is -2.28. The van der Waals surface area contributed by atoms with E-state index in [9.17, 15) is 0 Å². The normalized spacial score (nSPS) is 14.7. The maximum absolute atomic E-state index is 15.2. The molecule has 1 aliphatic rings. The maximum atomic E-state index is 15.2. The molecule has 0 saturated heterocycles.